The van der Waals surface area contributed by atoms with Gasteiger partial charge in [0, 0.05) is 19.8 Å². The predicted molar refractivity (Wildman–Crippen MR) is 89.9 cm³/mol. The molecule has 0 fully saturated rings. The lowest BCUT2D eigenvalue weighted by atomic mass is 10.2. The van der Waals surface area contributed by atoms with E-state index >= 15 is 0 Å². The summed E-state index contributed by atoms with van der Waals surface area (Å²) in [5, 5.41) is 3.81. The molecule has 1 N–H and O–H groups in total. The van der Waals surface area contributed by atoms with Gasteiger partial charge in [0.2, 0.25) is 0 Å². The number of sulfonamides is 1. The molecule has 0 heterocycles. The van der Waals surface area contributed by atoms with E-state index in [9.17, 15) is 8.42 Å². The van der Waals surface area contributed by atoms with Gasteiger partial charge < -0.3 is 4.90 Å². The Kier molecular flexibility index (Phi) is 4.82. The fraction of sp³-hybridized carbons (Fsp3) is 0.188. The molecule has 0 unspecified atom stereocenters. The summed E-state index contributed by atoms with van der Waals surface area (Å²) in [6.45, 7) is 1.90. The number of aryl methyl sites for hydroxylation is 1. The lowest BCUT2D eigenvalue weighted by Gasteiger charge is -2.11. The maximum atomic E-state index is 12.0. The van der Waals surface area contributed by atoms with Crippen LogP contribution >= 0.6 is 0 Å². The smallest absolute Gasteiger partial charge is 0.276 e. The summed E-state index contributed by atoms with van der Waals surface area (Å²) in [5.41, 5.74) is 2.89. The van der Waals surface area contributed by atoms with E-state index in [1.54, 1.807) is 24.3 Å². The van der Waals surface area contributed by atoms with Crippen molar-refractivity contribution in [2.24, 2.45) is 5.10 Å². The van der Waals surface area contributed by atoms with E-state index in [2.05, 4.69) is 9.93 Å². The summed E-state index contributed by atoms with van der Waals surface area (Å²) < 4.78 is 24.1. The van der Waals surface area contributed by atoms with Crippen molar-refractivity contribution in [1.82, 2.24) is 4.83 Å². The molecule has 0 aliphatic heterocycles. The molecule has 0 aromatic heterocycles. The Bertz CT molecular complexity index is 749. The van der Waals surface area contributed by atoms with Crippen LogP contribution in [-0.2, 0) is 10.0 Å². The third-order valence-corrected chi connectivity index (χ3v) is 4.37. The molecule has 2 aromatic carbocycles. The number of nitrogens with one attached hydrogen (secondary N) is 1. The Labute approximate surface area is 131 Å². The van der Waals surface area contributed by atoms with Gasteiger partial charge in [-0.2, -0.15) is 13.5 Å². The molecular weight excluding hydrogens is 298 g/mol. The van der Waals surface area contributed by atoms with E-state index in [1.165, 1.54) is 6.21 Å². The number of hydrogen-bond donors (Lipinski definition) is 1. The lowest BCUT2D eigenvalue weighted by Crippen LogP contribution is -2.18. The van der Waals surface area contributed by atoms with Gasteiger partial charge in [-0.3, -0.25) is 0 Å². The minimum atomic E-state index is -3.62. The van der Waals surface area contributed by atoms with Gasteiger partial charge >= 0.3 is 0 Å². The first kappa shape index (κ1) is 16.0. The standard InChI is InChI=1S/C16H19N3O2S/c1-13-4-10-16(11-5-13)22(20,21)18-17-12-14-6-8-15(9-7-14)19(2)3/h4-12,18H,1-3H3. The largest absolute Gasteiger partial charge is 0.378 e. The maximum absolute atomic E-state index is 12.0. The highest BCUT2D eigenvalue weighted by atomic mass is 32.2. The summed E-state index contributed by atoms with van der Waals surface area (Å²) in [7, 11) is 0.289. The molecule has 0 saturated heterocycles. The second-order valence-electron chi connectivity index (χ2n) is 5.15. The van der Waals surface area contributed by atoms with Crippen LogP contribution in [0, 0.1) is 6.92 Å². The number of rotatable bonds is 5. The van der Waals surface area contributed by atoms with Gasteiger partial charge in [-0.15, -0.1) is 0 Å². The molecule has 2 rings (SSSR count). The normalized spacial score (nSPS) is 11.6. The van der Waals surface area contributed by atoms with E-state index in [-0.39, 0.29) is 4.90 Å². The van der Waals surface area contributed by atoms with E-state index in [1.807, 2.05) is 50.2 Å². The van der Waals surface area contributed by atoms with Gasteiger partial charge in [0.05, 0.1) is 11.1 Å². The van der Waals surface area contributed by atoms with Crippen molar-refractivity contribution in [3.8, 4) is 0 Å². The summed E-state index contributed by atoms with van der Waals surface area (Å²) in [4.78, 5) is 4.39. The molecule has 2 aromatic rings. The lowest BCUT2D eigenvalue weighted by molar-refractivity contribution is 0.584. The minimum Gasteiger partial charge on any atom is -0.378 e. The Balaban J connectivity index is 2.06. The molecule has 0 bridgehead atoms. The van der Waals surface area contributed by atoms with Crippen LogP contribution < -0.4 is 9.73 Å². The van der Waals surface area contributed by atoms with Gasteiger partial charge in [0.25, 0.3) is 10.0 Å². The molecule has 5 nitrogen and oxygen atoms in total. The molecule has 22 heavy (non-hydrogen) atoms. The van der Waals surface area contributed by atoms with Gasteiger partial charge in [-0.05, 0) is 36.8 Å². The third kappa shape index (κ3) is 4.08. The van der Waals surface area contributed by atoms with Crippen molar-refractivity contribution < 1.29 is 8.42 Å². The first-order chi connectivity index (χ1) is 10.4. The van der Waals surface area contributed by atoms with Crippen LogP contribution in [0.2, 0.25) is 0 Å². The third-order valence-electron chi connectivity index (χ3n) is 3.13. The summed E-state index contributed by atoms with van der Waals surface area (Å²) in [6, 6.07) is 14.2. The van der Waals surface area contributed by atoms with Crippen LogP contribution in [0.3, 0.4) is 0 Å². The zero-order valence-electron chi connectivity index (χ0n) is 12.8. The molecule has 0 spiro atoms. The van der Waals surface area contributed by atoms with Crippen LogP contribution in [0.1, 0.15) is 11.1 Å². The summed E-state index contributed by atoms with van der Waals surface area (Å²) >= 11 is 0. The molecular formula is C16H19N3O2S. The number of anilines is 1. The number of benzene rings is 2. The van der Waals surface area contributed by atoms with Crippen molar-refractivity contribution in [2.45, 2.75) is 11.8 Å². The van der Waals surface area contributed by atoms with Gasteiger partial charge in [-0.25, -0.2) is 4.83 Å². The quantitative estimate of drug-likeness (QED) is 0.680. The summed E-state index contributed by atoms with van der Waals surface area (Å²) in [5.74, 6) is 0. The first-order valence-corrected chi connectivity index (χ1v) is 8.26. The molecule has 0 atom stereocenters. The SMILES string of the molecule is Cc1ccc(S(=O)(=O)NN=Cc2ccc(N(C)C)cc2)cc1. The Hall–Kier alpha value is -2.34. The second kappa shape index (κ2) is 6.62. The monoisotopic (exact) mass is 317 g/mol. The zero-order chi connectivity index (χ0) is 16.2. The molecule has 6 heteroatoms. The van der Waals surface area contributed by atoms with Crippen LogP contribution in [0.25, 0.3) is 0 Å². The highest BCUT2D eigenvalue weighted by molar-refractivity contribution is 7.89. The van der Waals surface area contributed by atoms with Crippen molar-refractivity contribution in [3.05, 3.63) is 59.7 Å². The molecule has 0 aliphatic carbocycles. The van der Waals surface area contributed by atoms with Crippen molar-refractivity contribution in [1.29, 1.82) is 0 Å². The van der Waals surface area contributed by atoms with Crippen LogP contribution in [-0.4, -0.2) is 28.7 Å². The fourth-order valence-corrected chi connectivity index (χ4v) is 2.59. The highest BCUT2D eigenvalue weighted by Gasteiger charge is 2.11. The van der Waals surface area contributed by atoms with E-state index in [0.29, 0.717) is 0 Å². The molecule has 0 aliphatic rings. The molecule has 116 valence electrons. The van der Waals surface area contributed by atoms with E-state index < -0.39 is 10.0 Å². The number of nitrogens with zero attached hydrogens (tertiary/aromatic N) is 2. The van der Waals surface area contributed by atoms with Crippen molar-refractivity contribution >= 4 is 21.9 Å². The van der Waals surface area contributed by atoms with E-state index in [4.69, 9.17) is 0 Å². The average Bonchev–Trinajstić information content (AvgIpc) is 2.48. The number of hydrogen-bond acceptors (Lipinski definition) is 4. The van der Waals surface area contributed by atoms with Crippen LogP contribution in [0.5, 0.6) is 0 Å². The Morgan fingerprint density at radius 2 is 1.59 bits per heavy atom. The van der Waals surface area contributed by atoms with Gasteiger partial charge in [0.15, 0.2) is 0 Å². The molecule has 0 amide bonds. The summed E-state index contributed by atoms with van der Waals surface area (Å²) in [6.07, 6.45) is 1.48. The van der Waals surface area contributed by atoms with Gasteiger partial charge in [-0.1, -0.05) is 29.8 Å². The maximum Gasteiger partial charge on any atom is 0.276 e. The Morgan fingerprint density at radius 3 is 2.14 bits per heavy atom. The molecule has 0 saturated carbocycles. The van der Waals surface area contributed by atoms with Crippen molar-refractivity contribution in [2.75, 3.05) is 19.0 Å². The predicted octanol–water partition coefficient (Wildman–Crippen LogP) is 2.37. The van der Waals surface area contributed by atoms with Crippen molar-refractivity contribution in [3.63, 3.8) is 0 Å². The average molecular weight is 317 g/mol. The first-order valence-electron chi connectivity index (χ1n) is 6.77. The van der Waals surface area contributed by atoms with Gasteiger partial charge in [0.1, 0.15) is 0 Å². The topological polar surface area (TPSA) is 61.8 Å². The zero-order valence-corrected chi connectivity index (χ0v) is 13.6. The second-order valence-corrected chi connectivity index (χ2v) is 6.81. The Morgan fingerprint density at radius 1 is 1.00 bits per heavy atom. The highest BCUT2D eigenvalue weighted by Crippen LogP contribution is 2.11. The molecule has 0 radical (unpaired) electrons. The number of hydrazone groups is 1. The van der Waals surface area contributed by atoms with Crippen LogP contribution in [0.4, 0.5) is 5.69 Å². The van der Waals surface area contributed by atoms with Crippen LogP contribution in [0.15, 0.2) is 58.5 Å². The minimum absolute atomic E-state index is 0.193. The fourth-order valence-electron chi connectivity index (χ4n) is 1.80. The van der Waals surface area contributed by atoms with E-state index in [0.717, 1.165) is 16.8 Å².